The predicted molar refractivity (Wildman–Crippen MR) is 121 cm³/mol. The van der Waals surface area contributed by atoms with E-state index >= 15 is 0 Å². The SMILES string of the molecule is COC(=O)CN(Cc1cc(OC)cc(OC)c1)C(=O)c1cccc(S(=O)(=O)N2CCCC2)c1. The lowest BCUT2D eigenvalue weighted by atomic mass is 10.1. The van der Waals surface area contributed by atoms with Gasteiger partial charge in [-0.25, -0.2) is 8.42 Å². The van der Waals surface area contributed by atoms with Gasteiger partial charge in [0.05, 0.1) is 26.2 Å². The van der Waals surface area contributed by atoms with Crippen molar-refractivity contribution in [2.75, 3.05) is 41.0 Å². The molecule has 33 heavy (non-hydrogen) atoms. The third kappa shape index (κ3) is 5.82. The fourth-order valence-electron chi connectivity index (χ4n) is 3.65. The van der Waals surface area contributed by atoms with E-state index in [1.165, 1.54) is 54.8 Å². The van der Waals surface area contributed by atoms with Crippen LogP contribution >= 0.6 is 0 Å². The largest absolute Gasteiger partial charge is 0.497 e. The Morgan fingerprint density at radius 2 is 1.61 bits per heavy atom. The Labute approximate surface area is 193 Å². The fourth-order valence-corrected chi connectivity index (χ4v) is 5.21. The Balaban J connectivity index is 1.92. The van der Waals surface area contributed by atoms with Crippen molar-refractivity contribution in [1.29, 1.82) is 0 Å². The highest BCUT2D eigenvalue weighted by Gasteiger charge is 2.28. The van der Waals surface area contributed by atoms with Gasteiger partial charge in [0.15, 0.2) is 0 Å². The van der Waals surface area contributed by atoms with Gasteiger partial charge >= 0.3 is 5.97 Å². The standard InChI is InChI=1S/C23H28N2O7S/c1-30-19-11-17(12-20(14-19)31-2)15-24(16-22(26)32-3)23(27)18-7-6-8-21(13-18)33(28,29)25-9-4-5-10-25/h6-8,11-14H,4-5,9-10,15-16H2,1-3H3. The molecule has 1 heterocycles. The molecule has 0 radical (unpaired) electrons. The second kappa shape index (κ2) is 10.7. The van der Waals surface area contributed by atoms with Crippen molar-refractivity contribution in [3.8, 4) is 11.5 Å². The number of carbonyl (C=O) groups is 2. The third-order valence-corrected chi connectivity index (χ3v) is 7.30. The summed E-state index contributed by atoms with van der Waals surface area (Å²) < 4.78 is 42.6. The summed E-state index contributed by atoms with van der Waals surface area (Å²) in [5.74, 6) is -0.0262. The van der Waals surface area contributed by atoms with E-state index in [1.54, 1.807) is 18.2 Å². The minimum atomic E-state index is -3.69. The second-order valence-corrected chi connectivity index (χ2v) is 9.54. The van der Waals surface area contributed by atoms with Crippen molar-refractivity contribution in [3.05, 3.63) is 53.6 Å². The lowest BCUT2D eigenvalue weighted by Crippen LogP contribution is -2.36. The van der Waals surface area contributed by atoms with Gasteiger partial charge in [0.1, 0.15) is 18.0 Å². The Bertz CT molecular complexity index is 1090. The molecule has 1 aliphatic heterocycles. The molecule has 2 aromatic carbocycles. The summed E-state index contributed by atoms with van der Waals surface area (Å²) in [6, 6.07) is 11.0. The van der Waals surface area contributed by atoms with Crippen molar-refractivity contribution in [1.82, 2.24) is 9.21 Å². The van der Waals surface area contributed by atoms with Crippen LogP contribution in [0.1, 0.15) is 28.8 Å². The summed E-state index contributed by atoms with van der Waals surface area (Å²) >= 11 is 0. The zero-order chi connectivity index (χ0) is 24.0. The first-order valence-corrected chi connectivity index (χ1v) is 11.9. The number of sulfonamides is 1. The van der Waals surface area contributed by atoms with E-state index < -0.39 is 21.9 Å². The molecule has 1 aliphatic rings. The minimum Gasteiger partial charge on any atom is -0.497 e. The summed E-state index contributed by atoms with van der Waals surface area (Å²) in [7, 11) is 0.584. The van der Waals surface area contributed by atoms with Gasteiger partial charge in [-0.3, -0.25) is 9.59 Å². The highest BCUT2D eigenvalue weighted by atomic mass is 32.2. The number of esters is 1. The normalized spacial score (nSPS) is 14.0. The number of methoxy groups -OCH3 is 3. The average Bonchev–Trinajstić information content (AvgIpc) is 3.39. The summed E-state index contributed by atoms with van der Waals surface area (Å²) in [4.78, 5) is 26.7. The number of ether oxygens (including phenoxy) is 3. The molecule has 0 bridgehead atoms. The van der Waals surface area contributed by atoms with E-state index in [0.29, 0.717) is 30.2 Å². The van der Waals surface area contributed by atoms with Crippen LogP contribution in [0.2, 0.25) is 0 Å². The van der Waals surface area contributed by atoms with E-state index in [0.717, 1.165) is 12.8 Å². The van der Waals surface area contributed by atoms with E-state index in [9.17, 15) is 18.0 Å². The molecule has 178 valence electrons. The Kier molecular flexibility index (Phi) is 7.93. The molecule has 9 nitrogen and oxygen atoms in total. The number of carbonyl (C=O) groups excluding carboxylic acids is 2. The van der Waals surface area contributed by atoms with Crippen LogP contribution in [0.3, 0.4) is 0 Å². The van der Waals surface area contributed by atoms with Gasteiger partial charge in [-0.15, -0.1) is 0 Å². The van der Waals surface area contributed by atoms with Crippen LogP contribution in [0.4, 0.5) is 0 Å². The van der Waals surface area contributed by atoms with Crippen molar-refractivity contribution < 1.29 is 32.2 Å². The molecule has 10 heteroatoms. The molecule has 0 saturated carbocycles. The van der Waals surface area contributed by atoms with Gasteiger partial charge in [0.25, 0.3) is 5.91 Å². The van der Waals surface area contributed by atoms with Crippen LogP contribution in [-0.2, 0) is 26.1 Å². The number of benzene rings is 2. The highest BCUT2D eigenvalue weighted by Crippen LogP contribution is 2.25. The molecule has 3 rings (SSSR count). The van der Waals surface area contributed by atoms with Crippen LogP contribution in [0.25, 0.3) is 0 Å². The van der Waals surface area contributed by atoms with Crippen molar-refractivity contribution in [2.24, 2.45) is 0 Å². The summed E-state index contributed by atoms with van der Waals surface area (Å²) in [5.41, 5.74) is 0.832. The monoisotopic (exact) mass is 476 g/mol. The Morgan fingerprint density at radius 3 is 2.18 bits per heavy atom. The molecule has 0 N–H and O–H groups in total. The third-order valence-electron chi connectivity index (χ3n) is 5.40. The first-order valence-electron chi connectivity index (χ1n) is 10.5. The summed E-state index contributed by atoms with van der Waals surface area (Å²) in [6.45, 7) is 0.682. The van der Waals surface area contributed by atoms with Gasteiger partial charge in [-0.1, -0.05) is 6.07 Å². The molecular formula is C23H28N2O7S. The fraction of sp³-hybridized carbons (Fsp3) is 0.391. The topological polar surface area (TPSA) is 102 Å². The average molecular weight is 477 g/mol. The number of rotatable bonds is 9. The Hall–Kier alpha value is -3.11. The summed E-state index contributed by atoms with van der Waals surface area (Å²) in [5, 5.41) is 0. The predicted octanol–water partition coefficient (Wildman–Crippen LogP) is 2.30. The van der Waals surface area contributed by atoms with Gasteiger partial charge in [-0.05, 0) is 48.7 Å². The Morgan fingerprint density at radius 1 is 0.970 bits per heavy atom. The van der Waals surface area contributed by atoms with Crippen LogP contribution < -0.4 is 9.47 Å². The van der Waals surface area contributed by atoms with Gasteiger partial charge in [-0.2, -0.15) is 4.31 Å². The second-order valence-electron chi connectivity index (χ2n) is 7.60. The smallest absolute Gasteiger partial charge is 0.325 e. The minimum absolute atomic E-state index is 0.0521. The van der Waals surface area contributed by atoms with Crippen LogP contribution in [0, 0.1) is 0 Å². The maximum Gasteiger partial charge on any atom is 0.325 e. The number of hydrogen-bond donors (Lipinski definition) is 0. The van der Waals surface area contributed by atoms with Gasteiger partial charge in [0, 0.05) is 31.3 Å². The molecule has 0 aliphatic carbocycles. The lowest BCUT2D eigenvalue weighted by molar-refractivity contribution is -0.141. The molecule has 1 saturated heterocycles. The zero-order valence-electron chi connectivity index (χ0n) is 18.9. The van der Waals surface area contributed by atoms with Crippen molar-refractivity contribution in [2.45, 2.75) is 24.3 Å². The number of hydrogen-bond acceptors (Lipinski definition) is 7. The van der Waals surface area contributed by atoms with E-state index in [4.69, 9.17) is 14.2 Å². The van der Waals surface area contributed by atoms with Crippen molar-refractivity contribution >= 4 is 21.9 Å². The molecule has 2 aromatic rings. The van der Waals surface area contributed by atoms with Gasteiger partial charge < -0.3 is 19.1 Å². The molecule has 1 fully saturated rings. The van der Waals surface area contributed by atoms with E-state index in [1.807, 2.05) is 0 Å². The van der Waals surface area contributed by atoms with Gasteiger partial charge in [0.2, 0.25) is 10.0 Å². The number of amides is 1. The van der Waals surface area contributed by atoms with Crippen LogP contribution in [0.5, 0.6) is 11.5 Å². The van der Waals surface area contributed by atoms with Crippen molar-refractivity contribution in [3.63, 3.8) is 0 Å². The summed E-state index contributed by atoms with van der Waals surface area (Å²) in [6.07, 6.45) is 1.63. The van der Waals surface area contributed by atoms with Crippen LogP contribution in [-0.4, -0.2) is 70.5 Å². The quantitative estimate of drug-likeness (QED) is 0.512. The first kappa shape index (κ1) is 24.5. The molecule has 0 aromatic heterocycles. The van der Waals surface area contributed by atoms with E-state index in [-0.39, 0.29) is 23.5 Å². The first-order chi connectivity index (χ1) is 15.8. The lowest BCUT2D eigenvalue weighted by Gasteiger charge is -2.23. The molecular weight excluding hydrogens is 448 g/mol. The molecule has 0 unspecified atom stereocenters. The van der Waals surface area contributed by atoms with E-state index in [2.05, 4.69) is 0 Å². The molecule has 0 atom stereocenters. The zero-order valence-corrected chi connectivity index (χ0v) is 19.8. The molecule has 0 spiro atoms. The maximum absolute atomic E-state index is 13.4. The highest BCUT2D eigenvalue weighted by molar-refractivity contribution is 7.89. The molecule has 1 amide bonds. The number of nitrogens with zero attached hydrogens (tertiary/aromatic N) is 2. The maximum atomic E-state index is 13.4. The van der Waals surface area contributed by atoms with Crippen LogP contribution in [0.15, 0.2) is 47.4 Å².